The van der Waals surface area contributed by atoms with Crippen LogP contribution in [0.1, 0.15) is 48.5 Å². The quantitative estimate of drug-likeness (QED) is 0.315. The van der Waals surface area contributed by atoms with Crippen LogP contribution in [0.15, 0.2) is 0 Å². The van der Waals surface area contributed by atoms with Gasteiger partial charge in [-0.05, 0) is 18.1 Å². The van der Waals surface area contributed by atoms with E-state index in [1.165, 1.54) is 6.92 Å². The highest BCUT2D eigenvalue weighted by Gasteiger charge is 2.54. The molecule has 1 heterocycles. The van der Waals surface area contributed by atoms with Gasteiger partial charge >= 0.3 is 23.9 Å². The lowest BCUT2D eigenvalue weighted by molar-refractivity contribution is -0.299. The Balaban J connectivity index is 3.34. The molecule has 178 valence electrons. The van der Waals surface area contributed by atoms with Gasteiger partial charge in [0.2, 0.25) is 12.4 Å². The summed E-state index contributed by atoms with van der Waals surface area (Å²) in [5.41, 5.74) is 0. The second kappa shape index (κ2) is 10.6. The zero-order chi connectivity index (χ0) is 24.1. The predicted octanol–water partition coefficient (Wildman–Crippen LogP) is 2.09. The number of carbonyl (C=O) groups excluding carboxylic acids is 4. The Hall–Kier alpha value is -1.98. The summed E-state index contributed by atoms with van der Waals surface area (Å²) in [5, 5.41) is -0.108. The van der Waals surface area contributed by atoms with Gasteiger partial charge in [-0.1, -0.05) is 20.8 Å². The molecule has 0 bridgehead atoms. The summed E-state index contributed by atoms with van der Waals surface area (Å²) >= 11 is 0. The average molecular weight is 463 g/mol. The maximum absolute atomic E-state index is 11.8. The third-order valence-corrected chi connectivity index (χ3v) is 9.69. The van der Waals surface area contributed by atoms with E-state index in [4.69, 9.17) is 28.1 Å². The lowest BCUT2D eigenvalue weighted by Crippen LogP contribution is -2.63. The first-order valence-electron chi connectivity index (χ1n) is 10.0. The minimum Gasteiger partial charge on any atom is -0.456 e. The summed E-state index contributed by atoms with van der Waals surface area (Å²) in [6, 6.07) is 0. The van der Waals surface area contributed by atoms with Crippen molar-refractivity contribution < 1.29 is 47.3 Å². The molecule has 0 aromatic carbocycles. The first-order chi connectivity index (χ1) is 14.0. The van der Waals surface area contributed by atoms with E-state index < -0.39 is 62.9 Å². The largest absolute Gasteiger partial charge is 0.456 e. The second-order valence-corrected chi connectivity index (χ2v) is 13.8. The van der Waals surface area contributed by atoms with Crippen LogP contribution in [0.25, 0.3) is 0 Å². The Kier molecular flexibility index (Phi) is 9.21. The maximum atomic E-state index is 11.8. The zero-order valence-corrected chi connectivity index (χ0v) is 20.7. The molecule has 1 aliphatic rings. The molecule has 1 saturated heterocycles. The summed E-state index contributed by atoms with van der Waals surface area (Å²) in [6.07, 6.45) is -6.08. The molecule has 0 aromatic rings. The molecule has 0 radical (unpaired) electrons. The van der Waals surface area contributed by atoms with Gasteiger partial charge < -0.3 is 28.1 Å². The summed E-state index contributed by atoms with van der Waals surface area (Å²) < 4.78 is 33.2. The zero-order valence-electron chi connectivity index (χ0n) is 19.7. The molecular weight excluding hydrogens is 428 g/mol. The Bertz CT molecular complexity index is 684. The van der Waals surface area contributed by atoms with Crippen LogP contribution < -0.4 is 0 Å². The van der Waals surface area contributed by atoms with Gasteiger partial charge in [0.15, 0.2) is 20.5 Å². The summed E-state index contributed by atoms with van der Waals surface area (Å²) in [7, 11) is -2.23. The topological polar surface area (TPSA) is 124 Å². The lowest BCUT2D eigenvalue weighted by Gasteiger charge is -2.45. The molecule has 0 amide bonds. The minimum absolute atomic E-state index is 0.0171. The highest BCUT2D eigenvalue weighted by molar-refractivity contribution is 6.74. The SMILES string of the molecule is CC(=O)OC1[C@H](OC(C)=O)OC(CO[Si](C)(C)C(C)(C)C)[C@@H](OC(C)=O)[C@H]1OC(C)=O. The van der Waals surface area contributed by atoms with Gasteiger partial charge in [-0.15, -0.1) is 0 Å². The van der Waals surface area contributed by atoms with Crippen molar-refractivity contribution in [1.82, 2.24) is 0 Å². The van der Waals surface area contributed by atoms with E-state index in [1.54, 1.807) is 0 Å². The van der Waals surface area contributed by atoms with Crippen LogP contribution in [0.2, 0.25) is 18.1 Å². The first kappa shape index (κ1) is 27.1. The van der Waals surface area contributed by atoms with Crippen LogP contribution >= 0.6 is 0 Å². The van der Waals surface area contributed by atoms with Gasteiger partial charge in [-0.3, -0.25) is 19.2 Å². The number of carbonyl (C=O) groups is 4. The number of hydrogen-bond donors (Lipinski definition) is 0. The summed E-state index contributed by atoms with van der Waals surface area (Å²) in [4.78, 5) is 46.9. The second-order valence-electron chi connectivity index (χ2n) is 8.95. The molecule has 11 heteroatoms. The fraction of sp³-hybridized carbons (Fsp3) is 0.800. The monoisotopic (exact) mass is 462 g/mol. The van der Waals surface area contributed by atoms with Crippen molar-refractivity contribution in [2.24, 2.45) is 0 Å². The van der Waals surface area contributed by atoms with E-state index in [0.717, 1.165) is 20.8 Å². The molecular formula is C20H34O10Si. The van der Waals surface area contributed by atoms with Crippen molar-refractivity contribution in [3.05, 3.63) is 0 Å². The fourth-order valence-electron chi connectivity index (χ4n) is 2.75. The van der Waals surface area contributed by atoms with E-state index in [1.807, 2.05) is 13.1 Å². The smallest absolute Gasteiger partial charge is 0.305 e. The van der Waals surface area contributed by atoms with E-state index in [-0.39, 0.29) is 11.6 Å². The van der Waals surface area contributed by atoms with Gasteiger partial charge in [0.05, 0.1) is 6.61 Å². The van der Waals surface area contributed by atoms with Crippen molar-refractivity contribution in [3.63, 3.8) is 0 Å². The molecule has 0 saturated carbocycles. The Morgan fingerprint density at radius 1 is 0.742 bits per heavy atom. The van der Waals surface area contributed by atoms with Crippen LogP contribution in [-0.2, 0) is 47.3 Å². The fourth-order valence-corrected chi connectivity index (χ4v) is 3.77. The Morgan fingerprint density at radius 3 is 1.58 bits per heavy atom. The predicted molar refractivity (Wildman–Crippen MR) is 110 cm³/mol. The summed E-state index contributed by atoms with van der Waals surface area (Å²) in [6.45, 7) is 14.9. The number of hydrogen-bond acceptors (Lipinski definition) is 10. The maximum Gasteiger partial charge on any atom is 0.305 e. The summed E-state index contributed by atoms with van der Waals surface area (Å²) in [5.74, 6) is -2.78. The highest BCUT2D eigenvalue weighted by Crippen LogP contribution is 2.37. The van der Waals surface area contributed by atoms with E-state index in [0.29, 0.717) is 0 Å². The molecule has 2 unspecified atom stereocenters. The molecule has 31 heavy (non-hydrogen) atoms. The van der Waals surface area contributed by atoms with Crippen LogP contribution in [-0.4, -0.2) is 69.5 Å². The number of ether oxygens (including phenoxy) is 5. The van der Waals surface area contributed by atoms with Gasteiger partial charge in [0.1, 0.15) is 6.10 Å². The van der Waals surface area contributed by atoms with Gasteiger partial charge in [0.25, 0.3) is 0 Å². The Labute approximate surface area is 183 Å². The van der Waals surface area contributed by atoms with Crippen molar-refractivity contribution in [3.8, 4) is 0 Å². The molecule has 1 fully saturated rings. The highest BCUT2D eigenvalue weighted by atomic mass is 28.4. The molecule has 5 atom stereocenters. The molecule has 0 aliphatic carbocycles. The molecule has 0 N–H and O–H groups in total. The van der Waals surface area contributed by atoms with Gasteiger partial charge in [0, 0.05) is 27.7 Å². The van der Waals surface area contributed by atoms with Crippen molar-refractivity contribution in [2.75, 3.05) is 6.61 Å². The van der Waals surface area contributed by atoms with E-state index >= 15 is 0 Å². The third-order valence-electron chi connectivity index (χ3n) is 5.19. The van der Waals surface area contributed by atoms with E-state index in [9.17, 15) is 19.2 Å². The van der Waals surface area contributed by atoms with E-state index in [2.05, 4.69) is 20.8 Å². The normalized spacial score (nSPS) is 26.5. The Morgan fingerprint density at radius 2 is 1.16 bits per heavy atom. The van der Waals surface area contributed by atoms with Crippen molar-refractivity contribution in [1.29, 1.82) is 0 Å². The lowest BCUT2D eigenvalue weighted by atomic mass is 9.98. The third kappa shape index (κ3) is 7.89. The minimum atomic E-state index is -2.23. The van der Waals surface area contributed by atoms with Crippen LogP contribution in [0.3, 0.4) is 0 Å². The molecule has 1 rings (SSSR count). The first-order valence-corrected chi connectivity index (χ1v) is 12.9. The van der Waals surface area contributed by atoms with Crippen LogP contribution in [0.4, 0.5) is 0 Å². The molecule has 1 aliphatic heterocycles. The van der Waals surface area contributed by atoms with Gasteiger partial charge in [-0.2, -0.15) is 0 Å². The average Bonchev–Trinajstić information content (AvgIpc) is 2.56. The van der Waals surface area contributed by atoms with Crippen molar-refractivity contribution >= 4 is 32.2 Å². The molecule has 0 aromatic heterocycles. The van der Waals surface area contributed by atoms with Crippen molar-refractivity contribution in [2.45, 2.75) is 97.3 Å². The van der Waals surface area contributed by atoms with Crippen LogP contribution in [0.5, 0.6) is 0 Å². The molecule has 10 nitrogen and oxygen atoms in total. The molecule has 0 spiro atoms. The standard InChI is InChI=1S/C20H34O10Si/c1-11(21)26-16-15(10-25-31(8,9)20(5,6)7)30-19(29-14(4)24)18(28-13(3)23)17(16)27-12(2)22/h15-19H,10H2,1-9H3/t15?,16-,17-,18?,19-/m1/s1. The number of esters is 4. The van der Waals surface area contributed by atoms with Gasteiger partial charge in [-0.25, -0.2) is 0 Å². The number of rotatable bonds is 7. The van der Waals surface area contributed by atoms with Crippen LogP contribution in [0, 0.1) is 0 Å².